The molecule has 1 amide bonds. The number of anilines is 2. The molecule has 0 fully saturated rings. The van der Waals surface area contributed by atoms with Crippen molar-refractivity contribution in [3.63, 3.8) is 0 Å². The van der Waals surface area contributed by atoms with E-state index in [2.05, 4.69) is 10.1 Å². The summed E-state index contributed by atoms with van der Waals surface area (Å²) in [5.74, 6) is -3.93. The van der Waals surface area contributed by atoms with E-state index in [1.165, 1.54) is 29.2 Å². The normalized spacial score (nSPS) is 12.7. The van der Waals surface area contributed by atoms with Gasteiger partial charge in [0.2, 0.25) is 0 Å². The number of benzene rings is 3. The van der Waals surface area contributed by atoms with E-state index in [1.54, 1.807) is 72.8 Å². The van der Waals surface area contributed by atoms with Crippen molar-refractivity contribution in [3.8, 4) is 11.1 Å². The average molecular weight is 593 g/mol. The van der Waals surface area contributed by atoms with E-state index in [-0.39, 0.29) is 21.8 Å². The number of H-pyrrole nitrogens is 1. The minimum absolute atomic E-state index is 0.0486. The number of nitrogens with one attached hydrogen (secondary N) is 1. The number of amides is 1. The zero-order chi connectivity index (χ0) is 31.4. The van der Waals surface area contributed by atoms with Crippen molar-refractivity contribution in [1.29, 1.82) is 0 Å². The number of allylic oxidation sites excluding steroid dienone is 1. The van der Waals surface area contributed by atoms with E-state index in [0.717, 1.165) is 5.01 Å². The highest BCUT2D eigenvalue weighted by molar-refractivity contribution is 6.11. The Hall–Kier alpha value is -6.30. The molecule has 5 rings (SSSR count). The van der Waals surface area contributed by atoms with Crippen LogP contribution in [0.4, 0.5) is 11.4 Å². The van der Waals surface area contributed by atoms with Gasteiger partial charge in [-0.05, 0) is 53.6 Å². The fourth-order valence-corrected chi connectivity index (χ4v) is 4.74. The minimum Gasteiger partial charge on any atom is -0.480 e. The van der Waals surface area contributed by atoms with Crippen molar-refractivity contribution in [2.45, 2.75) is 0 Å². The van der Waals surface area contributed by atoms with Crippen LogP contribution < -0.4 is 26.2 Å². The number of carboxylic acid groups (broad SMARTS) is 3. The number of aromatic carboxylic acids is 1. The number of hydrogen-bond donors (Lipinski definition) is 4. The highest BCUT2D eigenvalue weighted by Gasteiger charge is 2.30. The van der Waals surface area contributed by atoms with Gasteiger partial charge < -0.3 is 25.2 Å². The summed E-state index contributed by atoms with van der Waals surface area (Å²) in [7, 11) is 0. The topological polar surface area (TPSA) is 181 Å². The van der Waals surface area contributed by atoms with E-state index in [9.17, 15) is 29.1 Å². The molecule has 220 valence electrons. The molecule has 44 heavy (non-hydrogen) atoms. The van der Waals surface area contributed by atoms with Crippen LogP contribution in [0.3, 0.4) is 0 Å². The first-order valence-electron chi connectivity index (χ1n) is 13.2. The van der Waals surface area contributed by atoms with Crippen LogP contribution in [-0.2, 0) is 9.59 Å². The standard InChI is InChI=1S/C32H24N4O8/c37-25(38)17-35(18-26(39)40)22-13-9-19(10-14-22)5-4-8-24-27(20-6-2-1-3-7-20)28-29(33-30(24)41)34-36(31(28)42)23-15-11-21(12-16-23)32(43)44/h1-16H,17-18H2,(H,37,38)(H,39,40)(H,43,44)(H,33,34,41)/b5-4?,24-8-. The molecule has 0 saturated heterocycles. The summed E-state index contributed by atoms with van der Waals surface area (Å²) in [6.07, 6.45) is 4.89. The van der Waals surface area contributed by atoms with Gasteiger partial charge in [0.25, 0.3) is 11.5 Å². The number of nitrogens with zero attached hydrogens (tertiary/aromatic N) is 3. The number of hydrogen-bond acceptors (Lipinski definition) is 7. The summed E-state index contributed by atoms with van der Waals surface area (Å²) >= 11 is 0. The lowest BCUT2D eigenvalue weighted by molar-refractivity contribution is -0.136. The fraction of sp³-hybridized carbons (Fsp3) is 0.0625. The van der Waals surface area contributed by atoms with Gasteiger partial charge >= 0.3 is 17.9 Å². The number of aliphatic carboxylic acids is 2. The second-order valence-corrected chi connectivity index (χ2v) is 9.66. The number of aromatic amines is 1. The van der Waals surface area contributed by atoms with Gasteiger partial charge in [-0.25, -0.2) is 4.79 Å². The maximum absolute atomic E-state index is 13.7. The Morgan fingerprint density at radius 2 is 1.45 bits per heavy atom. The first kappa shape index (κ1) is 29.2. The molecular formula is C32H24N4O8. The molecule has 1 aliphatic rings. The van der Waals surface area contributed by atoms with Crippen LogP contribution in [0.5, 0.6) is 0 Å². The Balaban J connectivity index is 1.52. The van der Waals surface area contributed by atoms with Crippen LogP contribution in [0.1, 0.15) is 26.3 Å². The van der Waals surface area contributed by atoms with E-state index in [0.29, 0.717) is 28.1 Å². The van der Waals surface area contributed by atoms with Crippen molar-refractivity contribution in [2.24, 2.45) is 5.10 Å². The summed E-state index contributed by atoms with van der Waals surface area (Å²) in [5.41, 5.74) is 2.24. The van der Waals surface area contributed by atoms with Crippen LogP contribution in [0.2, 0.25) is 0 Å². The van der Waals surface area contributed by atoms with Gasteiger partial charge in [0.1, 0.15) is 13.1 Å². The third-order valence-electron chi connectivity index (χ3n) is 6.72. The van der Waals surface area contributed by atoms with Crippen molar-refractivity contribution < 1.29 is 34.5 Å². The Bertz CT molecular complexity index is 1970. The summed E-state index contributed by atoms with van der Waals surface area (Å²) in [5, 5.41) is 33.1. The summed E-state index contributed by atoms with van der Waals surface area (Å²) in [6.45, 7) is -0.955. The summed E-state index contributed by atoms with van der Waals surface area (Å²) < 4.78 is 0. The SMILES string of the molecule is O=C(O)CN(CC(=O)O)c1ccc(C=C/C=c2/c(-c3ccccc3)c3c([nH]c2=O)=NN(c2ccc(C(=O)O)cc2)C3=O)cc1. The monoisotopic (exact) mass is 592 g/mol. The molecule has 0 spiro atoms. The van der Waals surface area contributed by atoms with Crippen LogP contribution in [0, 0.1) is 0 Å². The molecule has 0 unspecified atom stereocenters. The smallest absolute Gasteiger partial charge is 0.335 e. The second-order valence-electron chi connectivity index (χ2n) is 9.66. The molecule has 0 saturated carbocycles. The maximum atomic E-state index is 13.7. The summed E-state index contributed by atoms with van der Waals surface area (Å²) in [4.78, 5) is 64.4. The second kappa shape index (κ2) is 12.3. The first-order chi connectivity index (χ1) is 21.1. The van der Waals surface area contributed by atoms with E-state index in [1.807, 2.05) is 0 Å². The number of pyridine rings is 1. The number of carbonyl (C=O) groups is 4. The predicted octanol–water partition coefficient (Wildman–Crippen LogP) is 2.40. The molecular weight excluding hydrogens is 568 g/mol. The molecule has 1 aliphatic heterocycles. The van der Waals surface area contributed by atoms with Crippen molar-refractivity contribution in [3.05, 3.63) is 123 Å². The third-order valence-corrected chi connectivity index (χ3v) is 6.72. The van der Waals surface area contributed by atoms with Gasteiger partial charge in [-0.3, -0.25) is 19.2 Å². The number of carboxylic acids is 3. The summed E-state index contributed by atoms with van der Waals surface area (Å²) in [6, 6.07) is 21.1. The van der Waals surface area contributed by atoms with Crippen LogP contribution in [0.15, 0.2) is 94.8 Å². The largest absolute Gasteiger partial charge is 0.480 e. The number of fused-ring (bicyclic) bond motifs is 1. The maximum Gasteiger partial charge on any atom is 0.335 e. The average Bonchev–Trinajstić information content (AvgIpc) is 3.32. The van der Waals surface area contributed by atoms with Crippen LogP contribution in [0.25, 0.3) is 23.3 Å². The van der Waals surface area contributed by atoms with E-state index in [4.69, 9.17) is 10.2 Å². The fourth-order valence-electron chi connectivity index (χ4n) is 4.74. The van der Waals surface area contributed by atoms with E-state index >= 15 is 0 Å². The van der Waals surface area contributed by atoms with Gasteiger partial charge in [0.05, 0.1) is 16.8 Å². The zero-order valence-electron chi connectivity index (χ0n) is 22.9. The van der Waals surface area contributed by atoms with Gasteiger partial charge in [0, 0.05) is 16.5 Å². The molecule has 4 N–H and O–H groups in total. The Labute approximate surface area is 248 Å². The molecule has 2 heterocycles. The van der Waals surface area contributed by atoms with Gasteiger partial charge in [0.15, 0.2) is 5.49 Å². The highest BCUT2D eigenvalue weighted by Crippen LogP contribution is 2.25. The zero-order valence-corrected chi connectivity index (χ0v) is 22.9. The molecule has 3 aromatic carbocycles. The number of aromatic nitrogens is 1. The Morgan fingerprint density at radius 3 is 2.05 bits per heavy atom. The first-order valence-corrected chi connectivity index (χ1v) is 13.2. The lowest BCUT2D eigenvalue weighted by atomic mass is 9.98. The van der Waals surface area contributed by atoms with Crippen molar-refractivity contribution >= 4 is 47.3 Å². The number of carbonyl (C=O) groups excluding carboxylic acids is 1. The molecule has 0 aliphatic carbocycles. The molecule has 12 nitrogen and oxygen atoms in total. The molecule has 0 radical (unpaired) electrons. The molecule has 0 atom stereocenters. The van der Waals surface area contributed by atoms with Crippen LogP contribution in [-0.4, -0.2) is 57.2 Å². The molecule has 4 aromatic rings. The highest BCUT2D eigenvalue weighted by atomic mass is 16.4. The van der Waals surface area contributed by atoms with Gasteiger partial charge in [-0.2, -0.15) is 5.01 Å². The van der Waals surface area contributed by atoms with Gasteiger partial charge in [-0.1, -0.05) is 54.6 Å². The quantitative estimate of drug-likeness (QED) is 0.215. The lowest BCUT2D eigenvalue weighted by Crippen LogP contribution is -2.38. The lowest BCUT2D eigenvalue weighted by Gasteiger charge is -2.20. The number of rotatable bonds is 10. The van der Waals surface area contributed by atoms with Gasteiger partial charge in [-0.15, -0.1) is 5.10 Å². The minimum atomic E-state index is -1.16. The Kier molecular flexibility index (Phi) is 8.15. The predicted molar refractivity (Wildman–Crippen MR) is 161 cm³/mol. The molecule has 0 bridgehead atoms. The molecule has 1 aromatic heterocycles. The van der Waals surface area contributed by atoms with Crippen molar-refractivity contribution in [2.75, 3.05) is 23.0 Å². The van der Waals surface area contributed by atoms with Crippen LogP contribution >= 0.6 is 0 Å². The van der Waals surface area contributed by atoms with Crippen molar-refractivity contribution in [1.82, 2.24) is 4.98 Å². The third kappa shape index (κ3) is 6.14. The molecule has 12 heteroatoms. The Morgan fingerprint density at radius 1 is 0.818 bits per heavy atom. The van der Waals surface area contributed by atoms with E-state index < -0.39 is 42.5 Å².